The number of ether oxygens (including phenoxy) is 1. The smallest absolute Gasteiger partial charge is 0.338 e. The minimum atomic E-state index is -1.44. The molecule has 3 heteroatoms. The van der Waals surface area contributed by atoms with Crippen LogP contribution < -0.4 is 0 Å². The Balaban J connectivity index is 3.07. The summed E-state index contributed by atoms with van der Waals surface area (Å²) in [5, 5.41) is 10.7. The maximum atomic E-state index is 12.0. The molecule has 0 saturated carbocycles. The minimum Gasteiger partial charge on any atom is -0.464 e. The van der Waals surface area contributed by atoms with Gasteiger partial charge in [-0.3, -0.25) is 0 Å². The molecule has 0 aliphatic heterocycles. The third-order valence-corrected chi connectivity index (χ3v) is 3.35. The highest BCUT2D eigenvalue weighted by molar-refractivity contribution is 5.80. The highest BCUT2D eigenvalue weighted by Gasteiger charge is 2.43. The van der Waals surface area contributed by atoms with Gasteiger partial charge in [0.05, 0.1) is 6.61 Å². The van der Waals surface area contributed by atoms with Gasteiger partial charge in [0.2, 0.25) is 0 Å². The Morgan fingerprint density at radius 3 is 2.33 bits per heavy atom. The van der Waals surface area contributed by atoms with Crippen molar-refractivity contribution in [1.82, 2.24) is 0 Å². The van der Waals surface area contributed by atoms with Crippen molar-refractivity contribution in [3.05, 3.63) is 35.9 Å². The van der Waals surface area contributed by atoms with Gasteiger partial charge in [0.15, 0.2) is 5.60 Å². The molecule has 0 amide bonds. The van der Waals surface area contributed by atoms with Crippen LogP contribution in [-0.4, -0.2) is 23.3 Å². The molecule has 1 aromatic rings. The van der Waals surface area contributed by atoms with Gasteiger partial charge in [-0.25, -0.2) is 4.79 Å². The summed E-state index contributed by atoms with van der Waals surface area (Å²) in [5.74, 6) is -0.758. The standard InChI is InChI=1S/C15H22O3/c1-4-13(12-10-8-7-9-11-12)15(17,5-2)14(16)18-6-3/h7-11,13,17H,4-6H2,1-3H3. The van der Waals surface area contributed by atoms with Crippen molar-refractivity contribution >= 4 is 5.97 Å². The Morgan fingerprint density at radius 2 is 1.89 bits per heavy atom. The molecule has 1 N–H and O–H groups in total. The third kappa shape index (κ3) is 2.91. The zero-order valence-electron chi connectivity index (χ0n) is 11.3. The SMILES string of the molecule is CCOC(=O)C(O)(CC)C(CC)c1ccccc1. The van der Waals surface area contributed by atoms with E-state index in [0.29, 0.717) is 12.8 Å². The Morgan fingerprint density at radius 1 is 1.28 bits per heavy atom. The topological polar surface area (TPSA) is 46.5 Å². The maximum absolute atomic E-state index is 12.0. The summed E-state index contributed by atoms with van der Waals surface area (Å²) in [6.07, 6.45) is 1.03. The van der Waals surface area contributed by atoms with E-state index in [2.05, 4.69) is 0 Å². The Bertz CT molecular complexity index is 375. The average Bonchev–Trinajstić information content (AvgIpc) is 2.40. The predicted molar refractivity (Wildman–Crippen MR) is 71.3 cm³/mol. The molecular weight excluding hydrogens is 228 g/mol. The summed E-state index contributed by atoms with van der Waals surface area (Å²) in [4.78, 5) is 12.0. The fourth-order valence-electron chi connectivity index (χ4n) is 2.32. The van der Waals surface area contributed by atoms with Gasteiger partial charge in [0.25, 0.3) is 0 Å². The van der Waals surface area contributed by atoms with E-state index in [4.69, 9.17) is 4.74 Å². The van der Waals surface area contributed by atoms with Crippen molar-refractivity contribution in [2.75, 3.05) is 6.61 Å². The summed E-state index contributed by atoms with van der Waals surface area (Å²) in [6.45, 7) is 5.81. The summed E-state index contributed by atoms with van der Waals surface area (Å²) in [6, 6.07) is 9.63. The van der Waals surface area contributed by atoms with E-state index in [9.17, 15) is 9.90 Å². The molecule has 0 saturated heterocycles. The molecule has 0 aliphatic carbocycles. The molecule has 0 aromatic heterocycles. The van der Waals surface area contributed by atoms with Crippen molar-refractivity contribution < 1.29 is 14.6 Å². The monoisotopic (exact) mass is 250 g/mol. The lowest BCUT2D eigenvalue weighted by Gasteiger charge is -2.33. The number of aliphatic hydroxyl groups is 1. The second kappa shape index (κ2) is 6.55. The fraction of sp³-hybridized carbons (Fsp3) is 0.533. The van der Waals surface area contributed by atoms with Crippen LogP contribution in [0.1, 0.15) is 45.1 Å². The van der Waals surface area contributed by atoms with Crippen LogP contribution in [0.4, 0.5) is 0 Å². The highest BCUT2D eigenvalue weighted by Crippen LogP contribution is 2.34. The molecule has 18 heavy (non-hydrogen) atoms. The van der Waals surface area contributed by atoms with E-state index in [1.54, 1.807) is 6.92 Å². The zero-order valence-corrected chi connectivity index (χ0v) is 11.3. The second-order valence-corrected chi connectivity index (χ2v) is 4.37. The van der Waals surface area contributed by atoms with Gasteiger partial charge in [-0.15, -0.1) is 0 Å². The predicted octanol–water partition coefficient (Wildman–Crippen LogP) is 2.88. The van der Waals surface area contributed by atoms with Crippen LogP contribution in [0.3, 0.4) is 0 Å². The molecule has 0 heterocycles. The molecule has 0 radical (unpaired) electrons. The fourth-order valence-corrected chi connectivity index (χ4v) is 2.32. The van der Waals surface area contributed by atoms with Crippen molar-refractivity contribution in [3.8, 4) is 0 Å². The van der Waals surface area contributed by atoms with E-state index < -0.39 is 11.6 Å². The Hall–Kier alpha value is -1.35. The quantitative estimate of drug-likeness (QED) is 0.790. The van der Waals surface area contributed by atoms with Crippen LogP contribution in [0.25, 0.3) is 0 Å². The molecule has 2 unspecified atom stereocenters. The minimum absolute atomic E-state index is 0.234. The van der Waals surface area contributed by atoms with E-state index in [1.807, 2.05) is 44.2 Å². The van der Waals surface area contributed by atoms with E-state index >= 15 is 0 Å². The van der Waals surface area contributed by atoms with Gasteiger partial charge in [0, 0.05) is 5.92 Å². The molecule has 0 spiro atoms. The largest absolute Gasteiger partial charge is 0.464 e. The number of hydrogen-bond donors (Lipinski definition) is 1. The summed E-state index contributed by atoms with van der Waals surface area (Å²) >= 11 is 0. The third-order valence-electron chi connectivity index (χ3n) is 3.35. The van der Waals surface area contributed by atoms with Gasteiger partial charge in [-0.2, -0.15) is 0 Å². The number of carbonyl (C=O) groups excluding carboxylic acids is 1. The molecule has 0 bridgehead atoms. The molecule has 0 fully saturated rings. The van der Waals surface area contributed by atoms with Gasteiger partial charge in [-0.05, 0) is 25.3 Å². The van der Waals surface area contributed by atoms with E-state index in [0.717, 1.165) is 5.56 Å². The lowest BCUT2D eigenvalue weighted by atomic mass is 9.78. The first-order valence-electron chi connectivity index (χ1n) is 6.54. The van der Waals surface area contributed by atoms with Gasteiger partial charge >= 0.3 is 5.97 Å². The number of benzene rings is 1. The van der Waals surface area contributed by atoms with Crippen LogP contribution in [-0.2, 0) is 9.53 Å². The number of rotatable bonds is 6. The normalized spacial score (nSPS) is 15.8. The zero-order chi connectivity index (χ0) is 13.6. The first-order chi connectivity index (χ1) is 8.60. The molecule has 1 rings (SSSR count). The van der Waals surface area contributed by atoms with Gasteiger partial charge in [-0.1, -0.05) is 44.2 Å². The first-order valence-corrected chi connectivity index (χ1v) is 6.54. The van der Waals surface area contributed by atoms with Crippen LogP contribution in [0.5, 0.6) is 0 Å². The summed E-state index contributed by atoms with van der Waals surface area (Å²) in [5.41, 5.74) is -0.469. The second-order valence-electron chi connectivity index (χ2n) is 4.37. The van der Waals surface area contributed by atoms with Crippen molar-refractivity contribution in [2.45, 2.75) is 45.1 Å². The van der Waals surface area contributed by atoms with Crippen molar-refractivity contribution in [1.29, 1.82) is 0 Å². The number of esters is 1. The maximum Gasteiger partial charge on any atom is 0.338 e. The van der Waals surface area contributed by atoms with Crippen molar-refractivity contribution in [3.63, 3.8) is 0 Å². The number of hydrogen-bond acceptors (Lipinski definition) is 3. The highest BCUT2D eigenvalue weighted by atomic mass is 16.5. The van der Waals surface area contributed by atoms with Crippen LogP contribution >= 0.6 is 0 Å². The molecule has 2 atom stereocenters. The summed E-state index contributed by atoms with van der Waals surface area (Å²) < 4.78 is 5.01. The van der Waals surface area contributed by atoms with Crippen LogP contribution in [0.15, 0.2) is 30.3 Å². The van der Waals surface area contributed by atoms with Gasteiger partial charge in [0.1, 0.15) is 0 Å². The lowest BCUT2D eigenvalue weighted by Crippen LogP contribution is -2.45. The Labute approximate surface area is 109 Å². The lowest BCUT2D eigenvalue weighted by molar-refractivity contribution is -0.168. The molecular formula is C15H22O3. The van der Waals surface area contributed by atoms with Crippen molar-refractivity contribution in [2.24, 2.45) is 0 Å². The average molecular weight is 250 g/mol. The summed E-state index contributed by atoms with van der Waals surface area (Å²) in [7, 11) is 0. The molecule has 0 aliphatic rings. The molecule has 3 nitrogen and oxygen atoms in total. The Kier molecular flexibility index (Phi) is 5.35. The number of carbonyl (C=O) groups is 1. The van der Waals surface area contributed by atoms with E-state index in [-0.39, 0.29) is 12.5 Å². The molecule has 100 valence electrons. The first kappa shape index (κ1) is 14.7. The van der Waals surface area contributed by atoms with Gasteiger partial charge < -0.3 is 9.84 Å². The molecule has 1 aromatic carbocycles. The van der Waals surface area contributed by atoms with Crippen LogP contribution in [0.2, 0.25) is 0 Å². The van der Waals surface area contributed by atoms with Crippen LogP contribution in [0, 0.1) is 0 Å². The van der Waals surface area contributed by atoms with E-state index in [1.165, 1.54) is 0 Å².